The molecule has 1 aromatic rings. The maximum Gasteiger partial charge on any atom is 0.410 e. The second-order valence-corrected chi connectivity index (χ2v) is 8.62. The molecule has 138 valence electrons. The summed E-state index contributed by atoms with van der Waals surface area (Å²) in [6.07, 6.45) is 8.81. The number of ether oxygens (including phenoxy) is 1. The highest BCUT2D eigenvalue weighted by atomic mass is 35.5. The summed E-state index contributed by atoms with van der Waals surface area (Å²) in [5.41, 5.74) is 4.30. The quantitative estimate of drug-likeness (QED) is 0.675. The Bertz CT molecular complexity index is 810. The van der Waals surface area contributed by atoms with E-state index < -0.39 is 5.60 Å². The molecule has 2 unspecified atom stereocenters. The van der Waals surface area contributed by atoms with Crippen molar-refractivity contribution < 1.29 is 9.53 Å². The van der Waals surface area contributed by atoms with Crippen LogP contribution < -0.4 is 0 Å². The fourth-order valence-electron chi connectivity index (χ4n) is 4.07. The van der Waals surface area contributed by atoms with Crippen molar-refractivity contribution in [2.24, 2.45) is 5.92 Å². The monoisotopic (exact) mass is 373 g/mol. The summed E-state index contributed by atoms with van der Waals surface area (Å²) < 4.78 is 5.48. The van der Waals surface area contributed by atoms with Gasteiger partial charge in [0.25, 0.3) is 0 Å². The number of carbonyl (C=O) groups excluding carboxylic acids is 1. The molecule has 0 N–H and O–H groups in total. The first kappa shape index (κ1) is 17.5. The second-order valence-electron chi connectivity index (χ2n) is 8.26. The van der Waals surface area contributed by atoms with Crippen molar-refractivity contribution in [3.63, 3.8) is 0 Å². The highest BCUT2D eigenvalue weighted by Gasteiger charge is 2.41. The van der Waals surface area contributed by atoms with Gasteiger partial charge in [-0.1, -0.05) is 17.7 Å². The van der Waals surface area contributed by atoms with E-state index in [-0.39, 0.29) is 6.09 Å². The van der Waals surface area contributed by atoms with Crippen LogP contribution in [0.15, 0.2) is 23.5 Å². The van der Waals surface area contributed by atoms with Gasteiger partial charge in [-0.05, 0) is 69.1 Å². The molecule has 1 aliphatic heterocycles. The third-order valence-electron chi connectivity index (χ3n) is 5.43. The lowest BCUT2D eigenvalue weighted by atomic mass is 9.62. The summed E-state index contributed by atoms with van der Waals surface area (Å²) in [4.78, 5) is 22.6. The van der Waals surface area contributed by atoms with Gasteiger partial charge in [-0.3, -0.25) is 0 Å². The Hall–Kier alpha value is -1.88. The fraction of sp³-hybridized carbons (Fsp3) is 0.550. The van der Waals surface area contributed by atoms with Crippen molar-refractivity contribution >= 4 is 23.8 Å². The van der Waals surface area contributed by atoms with Crippen LogP contribution in [0.1, 0.15) is 57.2 Å². The van der Waals surface area contributed by atoms with Crippen molar-refractivity contribution in [3.8, 4) is 0 Å². The summed E-state index contributed by atoms with van der Waals surface area (Å²) in [6, 6.07) is 0. The number of hydrogen-bond donors (Lipinski definition) is 0. The Morgan fingerprint density at radius 1 is 1.27 bits per heavy atom. The summed E-state index contributed by atoms with van der Waals surface area (Å²) in [5.74, 6) is 0.939. The van der Waals surface area contributed by atoms with Crippen LogP contribution in [0.25, 0.3) is 6.08 Å². The minimum absolute atomic E-state index is 0.239. The zero-order chi connectivity index (χ0) is 18.5. The molecule has 1 amide bonds. The van der Waals surface area contributed by atoms with E-state index in [4.69, 9.17) is 16.3 Å². The van der Waals surface area contributed by atoms with Gasteiger partial charge in [0.05, 0.1) is 5.69 Å². The average molecular weight is 374 g/mol. The molecule has 6 heteroatoms. The normalized spacial score (nSPS) is 24.7. The molecular formula is C20H24ClN3O2. The molecule has 2 atom stereocenters. The van der Waals surface area contributed by atoms with Crippen molar-refractivity contribution in [3.05, 3.63) is 40.0 Å². The molecule has 4 rings (SSSR count). The number of halogens is 1. The molecule has 0 bridgehead atoms. The minimum atomic E-state index is -0.463. The lowest BCUT2D eigenvalue weighted by molar-refractivity contribution is 0.0266. The van der Waals surface area contributed by atoms with Crippen LogP contribution >= 0.6 is 11.6 Å². The van der Waals surface area contributed by atoms with Crippen LogP contribution in [0, 0.1) is 5.92 Å². The van der Waals surface area contributed by atoms with Crippen molar-refractivity contribution in [1.82, 2.24) is 14.9 Å². The third-order valence-corrected chi connectivity index (χ3v) is 5.74. The van der Waals surface area contributed by atoms with Crippen LogP contribution in [-0.2, 0) is 4.74 Å². The topological polar surface area (TPSA) is 55.3 Å². The van der Waals surface area contributed by atoms with E-state index in [0.717, 1.165) is 24.1 Å². The van der Waals surface area contributed by atoms with Crippen LogP contribution in [0.3, 0.4) is 0 Å². The van der Waals surface area contributed by atoms with Crippen LogP contribution in [0.5, 0.6) is 0 Å². The Morgan fingerprint density at radius 2 is 2.04 bits per heavy atom. The van der Waals surface area contributed by atoms with E-state index >= 15 is 0 Å². The number of aromatic nitrogens is 2. The summed E-state index contributed by atoms with van der Waals surface area (Å²) >= 11 is 6.32. The zero-order valence-electron chi connectivity index (χ0n) is 15.5. The van der Waals surface area contributed by atoms with Gasteiger partial charge in [0.2, 0.25) is 0 Å². The second kappa shape index (κ2) is 6.38. The van der Waals surface area contributed by atoms with Gasteiger partial charge in [0.1, 0.15) is 17.1 Å². The Balaban J connectivity index is 1.55. The largest absolute Gasteiger partial charge is 0.444 e. The van der Waals surface area contributed by atoms with Crippen molar-refractivity contribution in [1.29, 1.82) is 0 Å². The van der Waals surface area contributed by atoms with Crippen LogP contribution in [0.4, 0.5) is 4.79 Å². The molecule has 2 aliphatic carbocycles. The first-order valence-electron chi connectivity index (χ1n) is 9.23. The third kappa shape index (κ3) is 3.13. The molecule has 1 saturated carbocycles. The van der Waals surface area contributed by atoms with Gasteiger partial charge in [-0.25, -0.2) is 14.8 Å². The van der Waals surface area contributed by atoms with Gasteiger partial charge in [0, 0.05) is 18.7 Å². The van der Waals surface area contributed by atoms with E-state index in [9.17, 15) is 4.79 Å². The van der Waals surface area contributed by atoms with E-state index in [1.807, 2.05) is 20.8 Å². The van der Waals surface area contributed by atoms with Gasteiger partial charge in [0.15, 0.2) is 0 Å². The fourth-order valence-corrected chi connectivity index (χ4v) is 4.35. The number of hydrogen-bond acceptors (Lipinski definition) is 4. The number of fused-ring (bicyclic) bond motifs is 3. The smallest absolute Gasteiger partial charge is 0.410 e. The molecule has 5 nitrogen and oxygen atoms in total. The Morgan fingerprint density at radius 3 is 2.65 bits per heavy atom. The average Bonchev–Trinajstić information content (AvgIpc) is 2.54. The highest BCUT2D eigenvalue weighted by Crippen LogP contribution is 2.54. The molecule has 2 heterocycles. The number of allylic oxidation sites excluding steroid dienone is 1. The molecule has 0 spiro atoms. The Labute approximate surface area is 159 Å². The lowest BCUT2D eigenvalue weighted by Crippen LogP contribution is -2.40. The first-order valence-corrected chi connectivity index (χ1v) is 9.60. The highest BCUT2D eigenvalue weighted by molar-refractivity contribution is 6.30. The van der Waals surface area contributed by atoms with E-state index in [1.54, 1.807) is 4.90 Å². The molecule has 3 aliphatic rings. The predicted octanol–water partition coefficient (Wildman–Crippen LogP) is 4.59. The molecule has 1 fully saturated rings. The zero-order valence-corrected chi connectivity index (χ0v) is 16.2. The molecule has 1 aromatic heterocycles. The summed E-state index contributed by atoms with van der Waals surface area (Å²) in [5, 5.41) is 0.591. The standard InChI is InChI=1S/C20H24ClN3O2/c1-20(2,3)26-19(25)24-8-6-12(7-9-24)15-10-16-17(14-5-4-13(14)15)18(21)23-11-22-16/h6,10-11,13-14H,4-5,7-9H2,1-3H3. The predicted molar refractivity (Wildman–Crippen MR) is 101 cm³/mol. The van der Waals surface area contributed by atoms with Crippen LogP contribution in [0.2, 0.25) is 5.15 Å². The number of rotatable bonds is 1. The Kier molecular flexibility index (Phi) is 4.30. The molecule has 26 heavy (non-hydrogen) atoms. The van der Waals surface area contributed by atoms with Gasteiger partial charge in [-0.2, -0.15) is 0 Å². The van der Waals surface area contributed by atoms with Gasteiger partial charge >= 0.3 is 6.09 Å². The van der Waals surface area contributed by atoms with Gasteiger partial charge in [-0.15, -0.1) is 0 Å². The maximum atomic E-state index is 12.3. The lowest BCUT2D eigenvalue weighted by Gasteiger charge is -2.43. The van der Waals surface area contributed by atoms with Gasteiger partial charge < -0.3 is 9.64 Å². The van der Waals surface area contributed by atoms with Crippen molar-refractivity contribution in [2.45, 2.75) is 51.6 Å². The van der Waals surface area contributed by atoms with E-state index in [2.05, 4.69) is 22.1 Å². The first-order chi connectivity index (χ1) is 12.3. The molecule has 0 aromatic carbocycles. The SMILES string of the molecule is CC(C)(C)OC(=O)N1CC=C(C2=Cc3ncnc(Cl)c3C3CCC23)CC1. The molecule has 0 saturated heterocycles. The van der Waals surface area contributed by atoms with E-state index in [0.29, 0.717) is 30.1 Å². The summed E-state index contributed by atoms with van der Waals surface area (Å²) in [6.45, 7) is 6.96. The molecular weight excluding hydrogens is 350 g/mol. The number of nitrogens with zero attached hydrogens (tertiary/aromatic N) is 3. The molecule has 0 radical (unpaired) electrons. The number of carbonyl (C=O) groups is 1. The van der Waals surface area contributed by atoms with Crippen LogP contribution in [-0.4, -0.2) is 39.7 Å². The van der Waals surface area contributed by atoms with Crippen molar-refractivity contribution in [2.75, 3.05) is 13.1 Å². The summed E-state index contributed by atoms with van der Waals surface area (Å²) in [7, 11) is 0. The maximum absolute atomic E-state index is 12.3. The number of amides is 1. The van der Waals surface area contributed by atoms with E-state index in [1.165, 1.54) is 23.9 Å². The minimum Gasteiger partial charge on any atom is -0.444 e.